The minimum Gasteiger partial charge on any atom is -0.370 e. The molecule has 0 aliphatic carbocycles. The van der Waals surface area contributed by atoms with E-state index in [2.05, 4.69) is 48.2 Å². The zero-order valence-corrected chi connectivity index (χ0v) is 10.7. The summed E-state index contributed by atoms with van der Waals surface area (Å²) in [5.41, 5.74) is 0. The van der Waals surface area contributed by atoms with E-state index < -0.39 is 0 Å². The fraction of sp³-hybridized carbons (Fsp3) is 0.583. The molecule has 16 heavy (non-hydrogen) atoms. The number of hydrogen-bond donors (Lipinski definition) is 1. The molecule has 0 amide bonds. The van der Waals surface area contributed by atoms with Gasteiger partial charge in [0.1, 0.15) is 11.6 Å². The van der Waals surface area contributed by atoms with Gasteiger partial charge in [0, 0.05) is 26.7 Å². The Hall–Kier alpha value is -1.29. The molecular weight excluding hydrogens is 200 g/mol. The first-order chi connectivity index (χ1) is 7.63. The predicted molar refractivity (Wildman–Crippen MR) is 70.2 cm³/mol. The summed E-state index contributed by atoms with van der Waals surface area (Å²) in [6.45, 7) is 4.99. The van der Waals surface area contributed by atoms with Crippen LogP contribution in [0.5, 0.6) is 0 Å². The molecule has 0 aliphatic rings. The van der Waals surface area contributed by atoms with Crippen LogP contribution in [0.4, 0.5) is 11.6 Å². The predicted octanol–water partition coefficient (Wildman–Crippen LogP) is 1.51. The van der Waals surface area contributed by atoms with E-state index in [4.69, 9.17) is 0 Å². The second-order valence-corrected chi connectivity index (χ2v) is 4.14. The molecule has 0 bridgehead atoms. The third-order valence-corrected chi connectivity index (χ3v) is 2.37. The van der Waals surface area contributed by atoms with Crippen molar-refractivity contribution in [3.63, 3.8) is 0 Å². The first kappa shape index (κ1) is 12.8. The van der Waals surface area contributed by atoms with E-state index in [1.54, 1.807) is 0 Å². The van der Waals surface area contributed by atoms with Crippen molar-refractivity contribution in [3.8, 4) is 0 Å². The average Bonchev–Trinajstić information content (AvgIpc) is 2.26. The summed E-state index contributed by atoms with van der Waals surface area (Å²) in [6, 6.07) is 6.07. The van der Waals surface area contributed by atoms with Crippen LogP contribution in [-0.4, -0.2) is 50.7 Å². The van der Waals surface area contributed by atoms with Gasteiger partial charge >= 0.3 is 0 Å². The van der Waals surface area contributed by atoms with Gasteiger partial charge in [-0.05, 0) is 33.2 Å². The number of nitrogens with one attached hydrogen (secondary N) is 1. The molecule has 4 heteroatoms. The molecule has 1 aromatic heterocycles. The molecule has 0 saturated heterocycles. The quantitative estimate of drug-likeness (QED) is 0.790. The normalized spacial score (nSPS) is 10.6. The van der Waals surface area contributed by atoms with Gasteiger partial charge in [0.25, 0.3) is 0 Å². The Morgan fingerprint density at radius 3 is 2.56 bits per heavy atom. The lowest BCUT2D eigenvalue weighted by Crippen LogP contribution is -2.29. The van der Waals surface area contributed by atoms with E-state index in [0.29, 0.717) is 0 Å². The van der Waals surface area contributed by atoms with Gasteiger partial charge in [-0.15, -0.1) is 0 Å². The summed E-state index contributed by atoms with van der Waals surface area (Å²) in [7, 11) is 6.23. The molecule has 1 rings (SSSR count). The minimum atomic E-state index is 0.901. The Balaban J connectivity index is 2.60. The second-order valence-electron chi connectivity index (χ2n) is 4.14. The van der Waals surface area contributed by atoms with Crippen molar-refractivity contribution >= 4 is 11.6 Å². The molecule has 0 aromatic carbocycles. The standard InChI is InChI=1S/C12H22N4/c1-5-13-11-7-6-8-12(14-11)16(4)10-9-15(2)3/h6-8H,5,9-10H2,1-4H3,(H,13,14). The molecule has 0 fully saturated rings. The molecular formula is C12H22N4. The van der Waals surface area contributed by atoms with Crippen LogP contribution < -0.4 is 10.2 Å². The monoisotopic (exact) mass is 222 g/mol. The van der Waals surface area contributed by atoms with Crippen LogP contribution in [-0.2, 0) is 0 Å². The zero-order chi connectivity index (χ0) is 12.0. The number of anilines is 2. The third-order valence-electron chi connectivity index (χ3n) is 2.37. The molecule has 4 nitrogen and oxygen atoms in total. The van der Waals surface area contributed by atoms with Crippen LogP contribution in [0.1, 0.15) is 6.92 Å². The molecule has 1 N–H and O–H groups in total. The van der Waals surface area contributed by atoms with E-state index in [0.717, 1.165) is 31.3 Å². The molecule has 0 aliphatic heterocycles. The molecule has 0 spiro atoms. The van der Waals surface area contributed by atoms with Crippen LogP contribution in [0.25, 0.3) is 0 Å². The maximum atomic E-state index is 4.54. The Labute approximate surface area is 98.3 Å². The lowest BCUT2D eigenvalue weighted by Gasteiger charge is -2.21. The maximum absolute atomic E-state index is 4.54. The Morgan fingerprint density at radius 1 is 1.19 bits per heavy atom. The summed E-state index contributed by atoms with van der Waals surface area (Å²) < 4.78 is 0. The highest BCUT2D eigenvalue weighted by atomic mass is 15.2. The lowest BCUT2D eigenvalue weighted by molar-refractivity contribution is 0.416. The second kappa shape index (κ2) is 6.33. The number of hydrogen-bond acceptors (Lipinski definition) is 4. The van der Waals surface area contributed by atoms with Crippen molar-refractivity contribution in [1.29, 1.82) is 0 Å². The van der Waals surface area contributed by atoms with E-state index in [9.17, 15) is 0 Å². The van der Waals surface area contributed by atoms with E-state index in [1.807, 2.05) is 18.2 Å². The molecule has 1 heterocycles. The van der Waals surface area contributed by atoms with E-state index in [1.165, 1.54) is 0 Å². The van der Waals surface area contributed by atoms with Crippen molar-refractivity contribution in [1.82, 2.24) is 9.88 Å². The van der Waals surface area contributed by atoms with Crippen molar-refractivity contribution in [2.24, 2.45) is 0 Å². The average molecular weight is 222 g/mol. The molecule has 0 radical (unpaired) electrons. The first-order valence-corrected chi connectivity index (χ1v) is 5.70. The van der Waals surface area contributed by atoms with Crippen LogP contribution >= 0.6 is 0 Å². The molecule has 90 valence electrons. The minimum absolute atomic E-state index is 0.901. The van der Waals surface area contributed by atoms with Gasteiger partial charge in [0.15, 0.2) is 0 Å². The largest absolute Gasteiger partial charge is 0.370 e. The summed E-state index contributed by atoms with van der Waals surface area (Å²) >= 11 is 0. The van der Waals surface area contributed by atoms with Crippen molar-refractivity contribution in [3.05, 3.63) is 18.2 Å². The summed E-state index contributed by atoms with van der Waals surface area (Å²) in [4.78, 5) is 8.88. The Bertz CT molecular complexity index is 312. The van der Waals surface area contributed by atoms with E-state index >= 15 is 0 Å². The molecule has 0 atom stereocenters. The van der Waals surface area contributed by atoms with Gasteiger partial charge in [-0.2, -0.15) is 0 Å². The fourth-order valence-corrected chi connectivity index (χ4v) is 1.38. The number of likely N-dealkylation sites (N-methyl/N-ethyl adjacent to an activating group) is 2. The highest BCUT2D eigenvalue weighted by Crippen LogP contribution is 2.12. The maximum Gasteiger partial charge on any atom is 0.130 e. The van der Waals surface area contributed by atoms with Crippen LogP contribution in [0.3, 0.4) is 0 Å². The van der Waals surface area contributed by atoms with Crippen LogP contribution in [0.15, 0.2) is 18.2 Å². The van der Waals surface area contributed by atoms with Crippen molar-refractivity contribution < 1.29 is 0 Å². The number of aromatic nitrogens is 1. The van der Waals surface area contributed by atoms with E-state index in [-0.39, 0.29) is 0 Å². The molecule has 1 aromatic rings. The summed E-state index contributed by atoms with van der Waals surface area (Å²) in [5, 5.41) is 3.22. The smallest absolute Gasteiger partial charge is 0.130 e. The number of nitrogens with zero attached hydrogens (tertiary/aromatic N) is 3. The van der Waals surface area contributed by atoms with Crippen LogP contribution in [0, 0.1) is 0 Å². The number of rotatable bonds is 6. The summed E-state index contributed by atoms with van der Waals surface area (Å²) in [6.07, 6.45) is 0. The van der Waals surface area contributed by atoms with Gasteiger partial charge in [-0.3, -0.25) is 0 Å². The van der Waals surface area contributed by atoms with Gasteiger partial charge in [-0.1, -0.05) is 6.07 Å². The Kier molecular flexibility index (Phi) is 5.05. The topological polar surface area (TPSA) is 31.4 Å². The van der Waals surface area contributed by atoms with Gasteiger partial charge in [-0.25, -0.2) is 4.98 Å². The SMILES string of the molecule is CCNc1cccc(N(C)CCN(C)C)n1. The lowest BCUT2D eigenvalue weighted by atomic mass is 10.4. The van der Waals surface area contributed by atoms with Gasteiger partial charge in [0.05, 0.1) is 0 Å². The highest BCUT2D eigenvalue weighted by Gasteiger charge is 2.03. The number of pyridine rings is 1. The zero-order valence-electron chi connectivity index (χ0n) is 10.7. The van der Waals surface area contributed by atoms with Gasteiger partial charge in [0.2, 0.25) is 0 Å². The fourth-order valence-electron chi connectivity index (χ4n) is 1.38. The molecule has 0 saturated carbocycles. The Morgan fingerprint density at radius 2 is 1.94 bits per heavy atom. The van der Waals surface area contributed by atoms with Crippen molar-refractivity contribution in [2.45, 2.75) is 6.92 Å². The first-order valence-electron chi connectivity index (χ1n) is 5.70. The third kappa shape index (κ3) is 4.06. The van der Waals surface area contributed by atoms with Crippen LogP contribution in [0.2, 0.25) is 0 Å². The molecule has 0 unspecified atom stereocenters. The summed E-state index contributed by atoms with van der Waals surface area (Å²) in [5.74, 6) is 1.96. The highest BCUT2D eigenvalue weighted by molar-refractivity contribution is 5.46. The van der Waals surface area contributed by atoms with Gasteiger partial charge < -0.3 is 15.1 Å². The van der Waals surface area contributed by atoms with Crippen molar-refractivity contribution in [2.75, 3.05) is 51.0 Å².